The van der Waals surface area contributed by atoms with E-state index in [-0.39, 0.29) is 17.6 Å². The molecule has 7 nitrogen and oxygen atoms in total. The average Bonchev–Trinajstić information content (AvgIpc) is 3.36. The summed E-state index contributed by atoms with van der Waals surface area (Å²) in [7, 11) is 3.06. The van der Waals surface area contributed by atoms with Crippen LogP contribution in [0.1, 0.15) is 44.3 Å². The van der Waals surface area contributed by atoms with E-state index < -0.39 is 0 Å². The van der Waals surface area contributed by atoms with Gasteiger partial charge in [0.1, 0.15) is 11.1 Å². The smallest absolute Gasteiger partial charge is 0.255 e. The number of carbonyl (C=O) groups excluding carboxylic acids is 2. The van der Waals surface area contributed by atoms with Crippen molar-refractivity contribution in [1.29, 1.82) is 5.26 Å². The molecule has 208 valence electrons. The molecular weight excluding hydrogens is 555 g/mol. The Labute approximate surface area is 247 Å². The van der Waals surface area contributed by atoms with Crippen molar-refractivity contribution in [3.8, 4) is 17.6 Å². The van der Waals surface area contributed by atoms with Crippen molar-refractivity contribution < 1.29 is 19.1 Å². The third-order valence-electron chi connectivity index (χ3n) is 7.01. The SMILES string of the molecule is COc1ccc(C(=O)Nc2cccc(SCC(=O)Nc3sc4c(c3C#N)CCC(c3ccccc3)C4)c2)cc1OC. The summed E-state index contributed by atoms with van der Waals surface area (Å²) in [4.78, 5) is 27.7. The van der Waals surface area contributed by atoms with Gasteiger partial charge in [0.15, 0.2) is 11.5 Å². The van der Waals surface area contributed by atoms with Crippen LogP contribution in [0.3, 0.4) is 0 Å². The van der Waals surface area contributed by atoms with E-state index >= 15 is 0 Å². The van der Waals surface area contributed by atoms with Crippen LogP contribution < -0.4 is 20.1 Å². The first-order valence-electron chi connectivity index (χ1n) is 13.1. The molecule has 0 fully saturated rings. The van der Waals surface area contributed by atoms with Crippen LogP contribution in [-0.4, -0.2) is 31.8 Å². The fraction of sp³-hybridized carbons (Fsp3) is 0.219. The fourth-order valence-electron chi connectivity index (χ4n) is 4.96. The quantitative estimate of drug-likeness (QED) is 0.208. The van der Waals surface area contributed by atoms with Crippen molar-refractivity contribution in [3.05, 3.63) is 99.9 Å². The van der Waals surface area contributed by atoms with E-state index in [1.54, 1.807) is 31.4 Å². The van der Waals surface area contributed by atoms with Crippen molar-refractivity contribution in [2.24, 2.45) is 0 Å². The number of benzene rings is 3. The highest BCUT2D eigenvalue weighted by atomic mass is 32.2. The largest absolute Gasteiger partial charge is 0.493 e. The summed E-state index contributed by atoms with van der Waals surface area (Å²) in [5.74, 6) is 1.15. The molecule has 1 heterocycles. The Kier molecular flexibility index (Phi) is 8.92. The van der Waals surface area contributed by atoms with Crippen LogP contribution in [0.4, 0.5) is 10.7 Å². The predicted octanol–water partition coefficient (Wildman–Crippen LogP) is 6.89. The topological polar surface area (TPSA) is 100 Å². The van der Waals surface area contributed by atoms with Crippen molar-refractivity contribution in [3.63, 3.8) is 0 Å². The summed E-state index contributed by atoms with van der Waals surface area (Å²) >= 11 is 2.88. The minimum Gasteiger partial charge on any atom is -0.493 e. The van der Waals surface area contributed by atoms with Crippen molar-refractivity contribution in [2.75, 3.05) is 30.6 Å². The lowest BCUT2D eigenvalue weighted by atomic mass is 9.83. The first-order valence-corrected chi connectivity index (χ1v) is 14.9. The molecule has 1 atom stereocenters. The Morgan fingerprint density at radius 2 is 1.80 bits per heavy atom. The number of hydrogen-bond acceptors (Lipinski definition) is 7. The van der Waals surface area contributed by atoms with Crippen LogP contribution in [0.15, 0.2) is 77.7 Å². The maximum Gasteiger partial charge on any atom is 0.255 e. The van der Waals surface area contributed by atoms with Crippen molar-refractivity contribution >= 4 is 45.6 Å². The van der Waals surface area contributed by atoms with Gasteiger partial charge < -0.3 is 20.1 Å². The number of thiophene rings is 1. The molecule has 0 radical (unpaired) electrons. The number of ether oxygens (including phenoxy) is 2. The highest BCUT2D eigenvalue weighted by Crippen LogP contribution is 2.42. The second kappa shape index (κ2) is 12.9. The van der Waals surface area contributed by atoms with E-state index in [0.29, 0.717) is 39.2 Å². The van der Waals surface area contributed by atoms with Gasteiger partial charge in [-0.2, -0.15) is 5.26 Å². The Bertz CT molecular complexity index is 1610. The number of carbonyl (C=O) groups is 2. The van der Waals surface area contributed by atoms with Crippen LogP contribution in [0.5, 0.6) is 11.5 Å². The maximum atomic E-state index is 12.9. The van der Waals surface area contributed by atoms with E-state index in [4.69, 9.17) is 9.47 Å². The Hall–Kier alpha value is -4.26. The number of anilines is 2. The van der Waals surface area contributed by atoms with Gasteiger partial charge in [0.05, 0.1) is 25.5 Å². The summed E-state index contributed by atoms with van der Waals surface area (Å²) in [5.41, 5.74) is 4.03. The van der Waals surface area contributed by atoms with E-state index in [1.807, 2.05) is 24.3 Å². The lowest BCUT2D eigenvalue weighted by molar-refractivity contribution is -0.113. The summed E-state index contributed by atoms with van der Waals surface area (Å²) in [6, 6.07) is 25.1. The molecule has 0 saturated heterocycles. The normalized spacial score (nSPS) is 13.9. The van der Waals surface area contributed by atoms with Gasteiger partial charge in [-0.15, -0.1) is 23.1 Å². The van der Waals surface area contributed by atoms with Crippen LogP contribution in [0.25, 0.3) is 0 Å². The van der Waals surface area contributed by atoms with Gasteiger partial charge in [-0.25, -0.2) is 0 Å². The van der Waals surface area contributed by atoms with Gasteiger partial charge in [-0.1, -0.05) is 36.4 Å². The minimum absolute atomic E-state index is 0.174. The van der Waals surface area contributed by atoms with Crippen LogP contribution >= 0.6 is 23.1 Å². The zero-order valence-electron chi connectivity index (χ0n) is 22.7. The maximum absolute atomic E-state index is 12.9. The predicted molar refractivity (Wildman–Crippen MR) is 164 cm³/mol. The third kappa shape index (κ3) is 6.56. The number of methoxy groups -OCH3 is 2. The fourth-order valence-corrected chi connectivity index (χ4v) is 7.01. The first kappa shape index (κ1) is 28.3. The molecule has 41 heavy (non-hydrogen) atoms. The van der Waals surface area contributed by atoms with Crippen molar-refractivity contribution in [2.45, 2.75) is 30.1 Å². The number of rotatable bonds is 9. The molecule has 1 unspecified atom stereocenters. The van der Waals surface area contributed by atoms with E-state index in [1.165, 1.54) is 40.6 Å². The number of nitrogens with one attached hydrogen (secondary N) is 2. The van der Waals surface area contributed by atoms with Gasteiger partial charge in [0, 0.05) is 21.0 Å². The lowest BCUT2D eigenvalue weighted by Gasteiger charge is -2.22. The van der Waals surface area contributed by atoms with E-state index in [9.17, 15) is 14.9 Å². The molecule has 0 saturated carbocycles. The second-order valence-corrected chi connectivity index (χ2v) is 11.7. The first-order chi connectivity index (χ1) is 20.0. The summed E-state index contributed by atoms with van der Waals surface area (Å²) < 4.78 is 10.5. The summed E-state index contributed by atoms with van der Waals surface area (Å²) in [6.07, 6.45) is 2.70. The monoisotopic (exact) mass is 583 g/mol. The Morgan fingerprint density at radius 3 is 2.56 bits per heavy atom. The molecule has 5 rings (SSSR count). The molecule has 0 spiro atoms. The summed E-state index contributed by atoms with van der Waals surface area (Å²) in [5, 5.41) is 16.4. The zero-order valence-corrected chi connectivity index (χ0v) is 24.4. The number of fused-ring (bicyclic) bond motifs is 1. The van der Waals surface area contributed by atoms with Crippen LogP contribution in [0, 0.1) is 11.3 Å². The van der Waals surface area contributed by atoms with Crippen LogP contribution in [0.2, 0.25) is 0 Å². The number of thioether (sulfide) groups is 1. The van der Waals surface area contributed by atoms with Gasteiger partial charge in [-0.05, 0) is 72.7 Å². The lowest BCUT2D eigenvalue weighted by Crippen LogP contribution is -2.14. The van der Waals surface area contributed by atoms with Gasteiger partial charge >= 0.3 is 0 Å². The standard InChI is InChI=1S/C32H29N3O4S2/c1-38-27-14-12-22(15-28(27)39-2)31(37)34-23-9-6-10-24(17-23)40-19-30(36)35-32-26(18-33)25-13-11-21(16-29(25)41-32)20-7-4-3-5-8-20/h3-10,12,14-15,17,21H,11,13,16,19H2,1-2H3,(H,34,37)(H,35,36). The average molecular weight is 584 g/mol. The molecule has 1 aliphatic rings. The Balaban J connectivity index is 1.20. The zero-order chi connectivity index (χ0) is 28.8. The van der Waals surface area contributed by atoms with E-state index in [2.05, 4.69) is 41.0 Å². The second-order valence-electron chi connectivity index (χ2n) is 9.56. The molecule has 1 aromatic heterocycles. The molecule has 0 bridgehead atoms. The molecule has 3 aromatic carbocycles. The molecule has 0 aliphatic heterocycles. The summed E-state index contributed by atoms with van der Waals surface area (Å²) in [6.45, 7) is 0. The number of amides is 2. The van der Waals surface area contributed by atoms with Crippen LogP contribution in [-0.2, 0) is 17.6 Å². The van der Waals surface area contributed by atoms with E-state index in [0.717, 1.165) is 29.7 Å². The molecular formula is C32H29N3O4S2. The highest BCUT2D eigenvalue weighted by molar-refractivity contribution is 8.00. The van der Waals surface area contributed by atoms with Gasteiger partial charge in [-0.3, -0.25) is 9.59 Å². The molecule has 9 heteroatoms. The highest BCUT2D eigenvalue weighted by Gasteiger charge is 2.27. The van der Waals surface area contributed by atoms with Gasteiger partial charge in [0.2, 0.25) is 5.91 Å². The van der Waals surface area contributed by atoms with Gasteiger partial charge in [0.25, 0.3) is 5.91 Å². The molecule has 2 amide bonds. The van der Waals surface area contributed by atoms with Crippen molar-refractivity contribution in [1.82, 2.24) is 0 Å². The number of nitriles is 1. The third-order valence-corrected chi connectivity index (χ3v) is 9.17. The molecule has 1 aliphatic carbocycles. The molecule has 2 N–H and O–H groups in total. The number of hydrogen-bond donors (Lipinski definition) is 2. The Morgan fingerprint density at radius 1 is 1.00 bits per heavy atom. The minimum atomic E-state index is -0.286. The molecule has 4 aromatic rings. The number of nitrogens with zero attached hydrogens (tertiary/aromatic N) is 1.